The minimum Gasteiger partial charge on any atom is -0.416 e. The number of aromatic nitrogens is 1. The lowest BCUT2D eigenvalue weighted by Crippen LogP contribution is -2.39. The van der Waals surface area contributed by atoms with Crippen LogP contribution >= 0.6 is 11.6 Å². The first-order valence-corrected chi connectivity index (χ1v) is 9.21. The first-order chi connectivity index (χ1) is 14.0. The molecule has 0 saturated carbocycles. The highest BCUT2D eigenvalue weighted by atomic mass is 35.5. The number of anilines is 1. The summed E-state index contributed by atoms with van der Waals surface area (Å²) in [5.41, 5.74) is 2.22. The second kappa shape index (κ2) is 6.46. The molecule has 1 N–H and O–H groups in total. The SMILES string of the molecule is O=C1OC(Cl)(c2ccc(-c3nc4ccccc4c(=O)o3)cc2)Nc2ccccc21. The highest BCUT2D eigenvalue weighted by molar-refractivity contribution is 6.26. The van der Waals surface area contributed by atoms with Crippen molar-refractivity contribution in [3.05, 3.63) is 94.3 Å². The maximum atomic E-state index is 12.3. The van der Waals surface area contributed by atoms with Crippen LogP contribution in [0.5, 0.6) is 0 Å². The van der Waals surface area contributed by atoms with E-state index in [0.29, 0.717) is 33.3 Å². The molecule has 0 radical (unpaired) electrons. The van der Waals surface area contributed by atoms with Gasteiger partial charge in [-0.3, -0.25) is 0 Å². The summed E-state index contributed by atoms with van der Waals surface area (Å²) in [6.07, 6.45) is 0. The summed E-state index contributed by atoms with van der Waals surface area (Å²) in [6.45, 7) is 0. The first kappa shape index (κ1) is 17.5. The van der Waals surface area contributed by atoms with Gasteiger partial charge in [0.15, 0.2) is 0 Å². The Labute approximate surface area is 169 Å². The van der Waals surface area contributed by atoms with Crippen molar-refractivity contribution in [1.29, 1.82) is 0 Å². The van der Waals surface area contributed by atoms with E-state index in [2.05, 4.69) is 10.3 Å². The van der Waals surface area contributed by atoms with Gasteiger partial charge in [-0.1, -0.05) is 36.4 Å². The minimum absolute atomic E-state index is 0.197. The van der Waals surface area contributed by atoms with Crippen LogP contribution in [0.4, 0.5) is 5.69 Å². The maximum Gasteiger partial charge on any atom is 0.347 e. The highest BCUT2D eigenvalue weighted by Gasteiger charge is 2.39. The van der Waals surface area contributed by atoms with Crippen molar-refractivity contribution in [1.82, 2.24) is 4.98 Å². The fraction of sp³-hybridized carbons (Fsp3) is 0.0455. The van der Waals surface area contributed by atoms with Crippen molar-refractivity contribution in [3.8, 4) is 11.5 Å². The van der Waals surface area contributed by atoms with E-state index in [0.717, 1.165) is 0 Å². The van der Waals surface area contributed by atoms with Crippen molar-refractivity contribution < 1.29 is 13.9 Å². The standard InChI is InChI=1S/C22H13ClN2O4/c23-22(25-18-8-4-2-6-16(18)21(27)29-22)14-11-9-13(10-12-14)19-24-17-7-3-1-5-15(17)20(26)28-19/h1-12,25H. The van der Waals surface area contributed by atoms with Crippen LogP contribution in [0.2, 0.25) is 0 Å². The molecule has 1 aliphatic heterocycles. The van der Waals surface area contributed by atoms with Gasteiger partial charge in [-0.2, -0.15) is 0 Å². The fourth-order valence-corrected chi connectivity index (χ4v) is 3.55. The summed E-state index contributed by atoms with van der Waals surface area (Å²) in [5, 5.41) is 1.93. The van der Waals surface area contributed by atoms with Crippen LogP contribution in [0, 0.1) is 0 Å². The van der Waals surface area contributed by atoms with Crippen molar-refractivity contribution in [2.24, 2.45) is 0 Å². The predicted molar refractivity (Wildman–Crippen MR) is 109 cm³/mol. The molecular weight excluding hydrogens is 392 g/mol. The van der Waals surface area contributed by atoms with Gasteiger partial charge in [0.05, 0.1) is 22.2 Å². The molecule has 0 amide bonds. The van der Waals surface area contributed by atoms with E-state index in [4.69, 9.17) is 20.8 Å². The van der Waals surface area contributed by atoms with Crippen LogP contribution in [0.3, 0.4) is 0 Å². The van der Waals surface area contributed by atoms with Crippen LogP contribution < -0.4 is 10.9 Å². The Morgan fingerprint density at radius 2 is 1.62 bits per heavy atom. The van der Waals surface area contributed by atoms with E-state index in [-0.39, 0.29) is 5.89 Å². The molecule has 0 bridgehead atoms. The molecule has 6 nitrogen and oxygen atoms in total. The Hall–Kier alpha value is -3.64. The van der Waals surface area contributed by atoms with Crippen LogP contribution in [-0.2, 0) is 9.92 Å². The van der Waals surface area contributed by atoms with E-state index in [1.54, 1.807) is 72.8 Å². The second-order valence-corrected chi connectivity index (χ2v) is 7.09. The zero-order valence-electron chi connectivity index (χ0n) is 14.9. The zero-order valence-corrected chi connectivity index (χ0v) is 15.6. The molecule has 1 aliphatic rings. The van der Waals surface area contributed by atoms with Gasteiger partial charge in [-0.05, 0) is 48.0 Å². The molecule has 0 fully saturated rings. The average molecular weight is 405 g/mol. The summed E-state index contributed by atoms with van der Waals surface area (Å²) < 4.78 is 10.8. The van der Waals surface area contributed by atoms with Gasteiger partial charge >= 0.3 is 11.6 Å². The van der Waals surface area contributed by atoms with Crippen LogP contribution in [0.15, 0.2) is 82.0 Å². The molecular formula is C22H13ClN2O4. The highest BCUT2D eigenvalue weighted by Crippen LogP contribution is 2.39. The Bertz CT molecular complexity index is 1320. The lowest BCUT2D eigenvalue weighted by molar-refractivity contribution is 0.0210. The summed E-state index contributed by atoms with van der Waals surface area (Å²) in [5.74, 6) is -0.316. The van der Waals surface area contributed by atoms with Gasteiger partial charge in [0, 0.05) is 11.1 Å². The molecule has 4 aromatic rings. The first-order valence-electron chi connectivity index (χ1n) is 8.84. The van der Waals surface area contributed by atoms with Crippen molar-refractivity contribution in [3.63, 3.8) is 0 Å². The van der Waals surface area contributed by atoms with Crippen LogP contribution in [-0.4, -0.2) is 11.0 Å². The number of esters is 1. The quantitative estimate of drug-likeness (QED) is 0.301. The third-order valence-electron chi connectivity index (χ3n) is 4.71. The van der Waals surface area contributed by atoms with E-state index in [1.807, 2.05) is 0 Å². The lowest BCUT2D eigenvalue weighted by Gasteiger charge is -2.34. The normalized spacial score (nSPS) is 18.0. The van der Waals surface area contributed by atoms with E-state index in [1.165, 1.54) is 0 Å². The number of hydrogen-bond acceptors (Lipinski definition) is 6. The predicted octanol–water partition coefficient (Wildman–Crippen LogP) is 4.49. The fourth-order valence-electron chi connectivity index (χ4n) is 3.25. The van der Waals surface area contributed by atoms with Crippen molar-refractivity contribution in [2.75, 3.05) is 5.32 Å². The molecule has 0 saturated heterocycles. The number of hydrogen-bond donors (Lipinski definition) is 1. The van der Waals surface area contributed by atoms with Gasteiger partial charge in [0.25, 0.3) is 5.18 Å². The summed E-state index contributed by atoms with van der Waals surface area (Å²) in [7, 11) is 0. The third kappa shape index (κ3) is 2.94. The van der Waals surface area contributed by atoms with Gasteiger partial charge in [0.2, 0.25) is 5.89 Å². The van der Waals surface area contributed by atoms with Gasteiger partial charge in [0.1, 0.15) is 0 Å². The van der Waals surface area contributed by atoms with Crippen molar-refractivity contribution >= 4 is 34.2 Å². The van der Waals surface area contributed by atoms with Gasteiger partial charge < -0.3 is 14.5 Å². The van der Waals surface area contributed by atoms with Gasteiger partial charge in [-0.25, -0.2) is 14.6 Å². The number of nitrogens with one attached hydrogen (secondary N) is 1. The zero-order chi connectivity index (χ0) is 20.0. The van der Waals surface area contributed by atoms with Crippen LogP contribution in [0.1, 0.15) is 15.9 Å². The van der Waals surface area contributed by atoms with E-state index < -0.39 is 16.8 Å². The molecule has 7 heteroatoms. The summed E-state index contributed by atoms with van der Waals surface area (Å²) in [6, 6.07) is 20.7. The largest absolute Gasteiger partial charge is 0.416 e. The molecule has 3 aromatic carbocycles. The molecule has 0 spiro atoms. The lowest BCUT2D eigenvalue weighted by atomic mass is 10.1. The Balaban J connectivity index is 1.51. The summed E-state index contributed by atoms with van der Waals surface area (Å²) in [4.78, 5) is 28.9. The Morgan fingerprint density at radius 1 is 0.897 bits per heavy atom. The number of halogens is 1. The molecule has 1 aromatic heterocycles. The second-order valence-electron chi connectivity index (χ2n) is 6.56. The number of para-hydroxylation sites is 2. The smallest absolute Gasteiger partial charge is 0.347 e. The minimum atomic E-state index is -1.54. The van der Waals surface area contributed by atoms with Crippen LogP contribution in [0.25, 0.3) is 22.4 Å². The number of carbonyl (C=O) groups is 1. The average Bonchev–Trinajstić information content (AvgIpc) is 2.74. The van der Waals surface area contributed by atoms with Gasteiger partial charge in [-0.15, -0.1) is 0 Å². The number of fused-ring (bicyclic) bond motifs is 2. The Morgan fingerprint density at radius 3 is 2.45 bits per heavy atom. The molecule has 142 valence electrons. The van der Waals surface area contributed by atoms with E-state index >= 15 is 0 Å². The van der Waals surface area contributed by atoms with Crippen molar-refractivity contribution in [2.45, 2.75) is 5.18 Å². The Kier molecular flexibility index (Phi) is 3.89. The molecule has 0 aliphatic carbocycles. The maximum absolute atomic E-state index is 12.3. The molecule has 5 rings (SSSR count). The number of rotatable bonds is 2. The number of benzene rings is 3. The molecule has 1 atom stereocenters. The number of nitrogens with zero attached hydrogens (tertiary/aromatic N) is 1. The monoisotopic (exact) mass is 404 g/mol. The number of carbonyl (C=O) groups excluding carboxylic acids is 1. The molecule has 2 heterocycles. The number of alkyl halides is 1. The number of cyclic esters (lactones) is 1. The van der Waals surface area contributed by atoms with E-state index in [9.17, 15) is 9.59 Å². The molecule has 1 unspecified atom stereocenters. The summed E-state index contributed by atoms with van der Waals surface area (Å²) >= 11 is 6.58. The third-order valence-corrected chi connectivity index (χ3v) is 5.10. The number of ether oxygens (including phenoxy) is 1. The molecule has 29 heavy (non-hydrogen) atoms. The topological polar surface area (TPSA) is 81.4 Å².